The van der Waals surface area contributed by atoms with Gasteiger partial charge in [0, 0.05) is 12.1 Å². The molecule has 0 aliphatic heterocycles. The van der Waals surface area contributed by atoms with Gasteiger partial charge in [-0.1, -0.05) is 18.0 Å². The minimum absolute atomic E-state index is 0.180. The van der Waals surface area contributed by atoms with Crippen molar-refractivity contribution in [2.75, 3.05) is 0 Å². The number of carbonyl (C=O) groups is 2. The van der Waals surface area contributed by atoms with Gasteiger partial charge in [-0.15, -0.1) is 0 Å². The molecular formula is C11H14N2O4. The van der Waals surface area contributed by atoms with E-state index in [-0.39, 0.29) is 17.6 Å². The zero-order valence-electron chi connectivity index (χ0n) is 9.26. The van der Waals surface area contributed by atoms with Crippen LogP contribution in [0.3, 0.4) is 0 Å². The lowest BCUT2D eigenvalue weighted by molar-refractivity contribution is -0.143. The van der Waals surface area contributed by atoms with Gasteiger partial charge in [0.15, 0.2) is 5.69 Å². The predicted molar refractivity (Wildman–Crippen MR) is 57.4 cm³/mol. The second kappa shape index (κ2) is 4.99. The van der Waals surface area contributed by atoms with Crippen LogP contribution in [0.25, 0.3) is 0 Å². The molecule has 0 spiro atoms. The average Bonchev–Trinajstić information content (AvgIpc) is 2.83. The highest BCUT2D eigenvalue weighted by atomic mass is 16.5. The van der Waals surface area contributed by atoms with E-state index in [9.17, 15) is 9.59 Å². The van der Waals surface area contributed by atoms with Crippen LogP contribution in [0.1, 0.15) is 36.2 Å². The van der Waals surface area contributed by atoms with E-state index in [0.29, 0.717) is 12.8 Å². The van der Waals surface area contributed by atoms with Crippen LogP contribution < -0.4 is 5.32 Å². The van der Waals surface area contributed by atoms with Crippen LogP contribution in [0, 0.1) is 5.92 Å². The molecule has 1 fully saturated rings. The van der Waals surface area contributed by atoms with Crippen molar-refractivity contribution in [3.05, 3.63) is 18.0 Å². The number of carboxylic acid groups (broad SMARTS) is 1. The molecule has 1 aliphatic carbocycles. The molecule has 1 aromatic heterocycles. The first-order valence-electron chi connectivity index (χ1n) is 5.62. The van der Waals surface area contributed by atoms with E-state index in [2.05, 4.69) is 15.0 Å². The van der Waals surface area contributed by atoms with Crippen molar-refractivity contribution in [1.82, 2.24) is 10.5 Å². The molecule has 2 atom stereocenters. The minimum atomic E-state index is -0.852. The van der Waals surface area contributed by atoms with Crippen molar-refractivity contribution >= 4 is 11.9 Å². The minimum Gasteiger partial charge on any atom is -0.481 e. The van der Waals surface area contributed by atoms with Gasteiger partial charge in [0.1, 0.15) is 6.26 Å². The number of rotatable bonds is 3. The Balaban J connectivity index is 2.01. The highest BCUT2D eigenvalue weighted by Gasteiger charge is 2.32. The highest BCUT2D eigenvalue weighted by molar-refractivity contribution is 5.92. The van der Waals surface area contributed by atoms with Crippen molar-refractivity contribution in [3.63, 3.8) is 0 Å². The van der Waals surface area contributed by atoms with E-state index in [4.69, 9.17) is 5.11 Å². The molecule has 2 N–H and O–H groups in total. The monoisotopic (exact) mass is 238 g/mol. The van der Waals surface area contributed by atoms with Crippen LogP contribution >= 0.6 is 0 Å². The van der Waals surface area contributed by atoms with Crippen molar-refractivity contribution < 1.29 is 19.2 Å². The molecule has 2 unspecified atom stereocenters. The molecule has 1 aromatic rings. The lowest BCUT2D eigenvalue weighted by Gasteiger charge is -2.28. The number of hydrogen-bond donors (Lipinski definition) is 2. The Bertz CT molecular complexity index is 402. The maximum absolute atomic E-state index is 11.7. The zero-order valence-corrected chi connectivity index (χ0v) is 9.26. The summed E-state index contributed by atoms with van der Waals surface area (Å²) < 4.78 is 4.57. The third-order valence-corrected chi connectivity index (χ3v) is 3.07. The molecule has 6 nitrogen and oxygen atoms in total. The fourth-order valence-corrected chi connectivity index (χ4v) is 2.17. The van der Waals surface area contributed by atoms with Gasteiger partial charge in [-0.25, -0.2) is 0 Å². The van der Waals surface area contributed by atoms with Crippen molar-refractivity contribution in [2.45, 2.75) is 31.7 Å². The standard InChI is InChI=1S/C11H14N2O4/c14-10(9-5-6-17-13-9)12-8-4-2-1-3-7(8)11(15)16/h5-8H,1-4H2,(H,12,14)(H,15,16). The third-order valence-electron chi connectivity index (χ3n) is 3.07. The quantitative estimate of drug-likeness (QED) is 0.821. The molecular weight excluding hydrogens is 224 g/mol. The number of aromatic nitrogens is 1. The molecule has 0 aromatic carbocycles. The van der Waals surface area contributed by atoms with Crippen LogP contribution in [-0.4, -0.2) is 28.2 Å². The van der Waals surface area contributed by atoms with Crippen molar-refractivity contribution in [3.8, 4) is 0 Å². The molecule has 17 heavy (non-hydrogen) atoms. The van der Waals surface area contributed by atoms with Gasteiger partial charge >= 0.3 is 5.97 Å². The Kier molecular flexibility index (Phi) is 3.41. The molecule has 1 heterocycles. The van der Waals surface area contributed by atoms with Crippen molar-refractivity contribution in [1.29, 1.82) is 0 Å². The Labute approximate surface area is 98.0 Å². The summed E-state index contributed by atoms with van der Waals surface area (Å²) in [6, 6.07) is 1.14. The Hall–Kier alpha value is -1.85. The molecule has 0 bridgehead atoms. The summed E-state index contributed by atoms with van der Waals surface area (Å²) >= 11 is 0. The Morgan fingerprint density at radius 1 is 1.41 bits per heavy atom. The lowest BCUT2D eigenvalue weighted by Crippen LogP contribution is -2.45. The number of carbonyl (C=O) groups excluding carboxylic acids is 1. The highest BCUT2D eigenvalue weighted by Crippen LogP contribution is 2.24. The summed E-state index contributed by atoms with van der Waals surface area (Å²) in [6.45, 7) is 0. The summed E-state index contributed by atoms with van der Waals surface area (Å²) in [4.78, 5) is 22.8. The number of amides is 1. The normalized spacial score (nSPS) is 24.2. The van der Waals surface area contributed by atoms with E-state index >= 15 is 0 Å². The van der Waals surface area contributed by atoms with Crippen LogP contribution in [-0.2, 0) is 4.79 Å². The SMILES string of the molecule is O=C(NC1CCCCC1C(=O)O)c1ccon1. The molecule has 0 radical (unpaired) electrons. The van der Waals surface area contributed by atoms with E-state index in [1.807, 2.05) is 0 Å². The fraction of sp³-hybridized carbons (Fsp3) is 0.545. The van der Waals surface area contributed by atoms with Crippen molar-refractivity contribution in [2.24, 2.45) is 5.92 Å². The number of nitrogens with zero attached hydrogens (tertiary/aromatic N) is 1. The van der Waals surface area contributed by atoms with Gasteiger partial charge in [-0.3, -0.25) is 9.59 Å². The molecule has 0 saturated heterocycles. The van der Waals surface area contributed by atoms with Crippen LogP contribution in [0.15, 0.2) is 16.9 Å². The van der Waals surface area contributed by atoms with Gasteiger partial charge in [0.25, 0.3) is 5.91 Å². The first kappa shape index (κ1) is 11.6. The predicted octanol–water partition coefficient (Wildman–Crippen LogP) is 1.05. The first-order chi connectivity index (χ1) is 8.18. The van der Waals surface area contributed by atoms with Crippen LogP contribution in [0.5, 0.6) is 0 Å². The second-order valence-corrected chi connectivity index (χ2v) is 4.19. The number of carboxylic acids is 1. The summed E-state index contributed by atoms with van der Waals surface area (Å²) in [6.07, 6.45) is 4.45. The molecule has 92 valence electrons. The van der Waals surface area contributed by atoms with Gasteiger partial charge in [0.05, 0.1) is 5.92 Å². The molecule has 1 saturated carbocycles. The van der Waals surface area contributed by atoms with Crippen LogP contribution in [0.4, 0.5) is 0 Å². The topological polar surface area (TPSA) is 92.4 Å². The van der Waals surface area contributed by atoms with E-state index in [1.54, 1.807) is 0 Å². The van der Waals surface area contributed by atoms with Gasteiger partial charge in [-0.2, -0.15) is 0 Å². The third kappa shape index (κ3) is 2.64. The second-order valence-electron chi connectivity index (χ2n) is 4.19. The molecule has 6 heteroatoms. The van der Waals surface area contributed by atoms with Gasteiger partial charge < -0.3 is 14.9 Å². The van der Waals surface area contributed by atoms with E-state index in [0.717, 1.165) is 12.8 Å². The largest absolute Gasteiger partial charge is 0.481 e. The Morgan fingerprint density at radius 2 is 2.18 bits per heavy atom. The summed E-state index contributed by atoms with van der Waals surface area (Å²) in [5.74, 6) is -1.73. The van der Waals surface area contributed by atoms with E-state index in [1.165, 1.54) is 12.3 Å². The number of hydrogen-bond acceptors (Lipinski definition) is 4. The maximum atomic E-state index is 11.7. The summed E-state index contributed by atoms with van der Waals surface area (Å²) in [7, 11) is 0. The smallest absolute Gasteiger partial charge is 0.308 e. The zero-order chi connectivity index (χ0) is 12.3. The maximum Gasteiger partial charge on any atom is 0.308 e. The van der Waals surface area contributed by atoms with E-state index < -0.39 is 11.9 Å². The first-order valence-corrected chi connectivity index (χ1v) is 5.62. The number of aliphatic carboxylic acids is 1. The summed E-state index contributed by atoms with van der Waals surface area (Å²) in [5, 5.41) is 15.3. The fourth-order valence-electron chi connectivity index (χ4n) is 2.17. The lowest BCUT2D eigenvalue weighted by atomic mass is 9.84. The molecule has 1 aliphatic rings. The summed E-state index contributed by atoms with van der Waals surface area (Å²) in [5.41, 5.74) is 0.180. The number of nitrogens with one attached hydrogen (secondary N) is 1. The van der Waals surface area contributed by atoms with Gasteiger partial charge in [-0.05, 0) is 12.8 Å². The van der Waals surface area contributed by atoms with Crippen LogP contribution in [0.2, 0.25) is 0 Å². The molecule has 2 rings (SSSR count). The molecule has 1 amide bonds. The Morgan fingerprint density at radius 3 is 2.82 bits per heavy atom. The average molecular weight is 238 g/mol. The van der Waals surface area contributed by atoms with Gasteiger partial charge in [0.2, 0.25) is 0 Å².